The number of ether oxygens (including phenoxy) is 1. The fourth-order valence-corrected chi connectivity index (χ4v) is 1.39. The fourth-order valence-electron chi connectivity index (χ4n) is 1.39. The molecule has 0 aliphatic heterocycles. The molecule has 1 rings (SSSR count). The predicted octanol–water partition coefficient (Wildman–Crippen LogP) is 2.62. The van der Waals surface area contributed by atoms with E-state index >= 15 is 0 Å². The highest BCUT2D eigenvalue weighted by atomic mass is 16.6. The zero-order valence-corrected chi connectivity index (χ0v) is 9.17. The van der Waals surface area contributed by atoms with Gasteiger partial charge in [0.25, 0.3) is 0 Å². The van der Waals surface area contributed by atoms with Crippen LogP contribution in [0.4, 0.5) is 4.79 Å². The maximum atomic E-state index is 11.4. The molecule has 1 amide bonds. The van der Waals surface area contributed by atoms with Gasteiger partial charge in [-0.1, -0.05) is 12.2 Å². The molecule has 1 aliphatic rings. The highest BCUT2D eigenvalue weighted by Gasteiger charge is 2.18. The number of allylic oxidation sites excluding steroid dienone is 1. The molecule has 1 unspecified atom stereocenters. The van der Waals surface area contributed by atoms with Crippen molar-refractivity contribution in [2.75, 3.05) is 0 Å². The normalized spacial score (nSPS) is 21.8. The molecule has 0 aromatic rings. The minimum atomic E-state index is -0.414. The van der Waals surface area contributed by atoms with Gasteiger partial charge < -0.3 is 10.1 Å². The molecule has 14 heavy (non-hydrogen) atoms. The number of nitrogens with one attached hydrogen (secondary N) is 1. The zero-order chi connectivity index (χ0) is 10.6. The lowest BCUT2D eigenvalue weighted by Crippen LogP contribution is -2.38. The lowest BCUT2D eigenvalue weighted by atomic mass is 10.0. The van der Waals surface area contributed by atoms with Gasteiger partial charge in [-0.2, -0.15) is 0 Å². The SMILES string of the molecule is CC(C)(C)OC(=O)NC1C=CCCC1. The quantitative estimate of drug-likeness (QED) is 0.656. The molecule has 80 valence electrons. The van der Waals surface area contributed by atoms with E-state index in [4.69, 9.17) is 4.74 Å². The van der Waals surface area contributed by atoms with E-state index in [1.165, 1.54) is 0 Å². The van der Waals surface area contributed by atoms with Crippen molar-refractivity contribution in [1.29, 1.82) is 0 Å². The minimum absolute atomic E-state index is 0.151. The number of carbonyl (C=O) groups is 1. The van der Waals surface area contributed by atoms with Gasteiger partial charge in [-0.05, 0) is 40.0 Å². The average molecular weight is 197 g/mol. The van der Waals surface area contributed by atoms with Crippen LogP contribution in [0.25, 0.3) is 0 Å². The van der Waals surface area contributed by atoms with E-state index in [1.807, 2.05) is 26.8 Å². The maximum Gasteiger partial charge on any atom is 0.408 e. The van der Waals surface area contributed by atoms with Crippen LogP contribution >= 0.6 is 0 Å². The standard InChI is InChI=1S/C11H19NO2/c1-11(2,3)14-10(13)12-9-7-5-4-6-8-9/h5,7,9H,4,6,8H2,1-3H3,(H,12,13). The first kappa shape index (κ1) is 11.1. The molecule has 0 saturated heterocycles. The first-order valence-corrected chi connectivity index (χ1v) is 5.13. The Morgan fingerprint density at radius 1 is 1.50 bits per heavy atom. The summed E-state index contributed by atoms with van der Waals surface area (Å²) >= 11 is 0. The van der Waals surface area contributed by atoms with Crippen LogP contribution in [0.2, 0.25) is 0 Å². The summed E-state index contributed by atoms with van der Waals surface area (Å²) in [7, 11) is 0. The van der Waals surface area contributed by atoms with E-state index in [1.54, 1.807) is 0 Å². The van der Waals surface area contributed by atoms with E-state index in [2.05, 4.69) is 11.4 Å². The van der Waals surface area contributed by atoms with Crippen LogP contribution < -0.4 is 5.32 Å². The van der Waals surface area contributed by atoms with E-state index in [9.17, 15) is 4.79 Å². The maximum absolute atomic E-state index is 11.4. The summed E-state index contributed by atoms with van der Waals surface area (Å²) < 4.78 is 5.16. The molecule has 0 fully saturated rings. The van der Waals surface area contributed by atoms with Crippen LogP contribution in [-0.2, 0) is 4.74 Å². The second kappa shape index (κ2) is 4.49. The van der Waals surface area contributed by atoms with Crippen LogP contribution in [0.15, 0.2) is 12.2 Å². The van der Waals surface area contributed by atoms with Gasteiger partial charge in [0.2, 0.25) is 0 Å². The minimum Gasteiger partial charge on any atom is -0.444 e. The number of rotatable bonds is 1. The molecule has 1 atom stereocenters. The molecular weight excluding hydrogens is 178 g/mol. The predicted molar refractivity (Wildman–Crippen MR) is 56.1 cm³/mol. The number of hydrogen-bond donors (Lipinski definition) is 1. The Kier molecular flexibility index (Phi) is 3.55. The molecule has 1 N–H and O–H groups in total. The molecule has 1 aliphatic carbocycles. The van der Waals surface area contributed by atoms with Crippen LogP contribution in [0.1, 0.15) is 40.0 Å². The van der Waals surface area contributed by atoms with Gasteiger partial charge in [0.15, 0.2) is 0 Å². The Balaban J connectivity index is 2.33. The lowest BCUT2D eigenvalue weighted by Gasteiger charge is -2.23. The van der Waals surface area contributed by atoms with Gasteiger partial charge in [0.1, 0.15) is 5.60 Å². The van der Waals surface area contributed by atoms with Gasteiger partial charge in [0, 0.05) is 0 Å². The molecular formula is C11H19NO2. The van der Waals surface area contributed by atoms with E-state index in [-0.39, 0.29) is 12.1 Å². The summed E-state index contributed by atoms with van der Waals surface area (Å²) in [5.41, 5.74) is -0.414. The van der Waals surface area contributed by atoms with Gasteiger partial charge in [0.05, 0.1) is 6.04 Å². The van der Waals surface area contributed by atoms with Gasteiger partial charge >= 0.3 is 6.09 Å². The van der Waals surface area contributed by atoms with Crippen molar-refractivity contribution in [2.45, 2.75) is 51.7 Å². The summed E-state index contributed by atoms with van der Waals surface area (Å²) in [5, 5.41) is 2.83. The number of alkyl carbamates (subject to hydrolysis) is 1. The third-order valence-corrected chi connectivity index (χ3v) is 1.96. The number of hydrogen-bond acceptors (Lipinski definition) is 2. The van der Waals surface area contributed by atoms with Gasteiger partial charge in [-0.15, -0.1) is 0 Å². The zero-order valence-electron chi connectivity index (χ0n) is 9.17. The lowest BCUT2D eigenvalue weighted by molar-refractivity contribution is 0.0511. The fraction of sp³-hybridized carbons (Fsp3) is 0.727. The molecule has 0 aromatic heterocycles. The summed E-state index contributed by atoms with van der Waals surface area (Å²) in [6.45, 7) is 5.59. The van der Waals surface area contributed by atoms with Crippen LogP contribution in [0, 0.1) is 0 Å². The Labute approximate surface area is 85.5 Å². The Bertz CT molecular complexity index is 228. The van der Waals surface area contributed by atoms with Crippen molar-refractivity contribution in [1.82, 2.24) is 5.32 Å². The highest BCUT2D eigenvalue weighted by Crippen LogP contribution is 2.12. The molecule has 0 bridgehead atoms. The van der Waals surface area contributed by atoms with Crippen molar-refractivity contribution in [3.63, 3.8) is 0 Å². The topological polar surface area (TPSA) is 38.3 Å². The first-order valence-electron chi connectivity index (χ1n) is 5.13. The molecule has 0 radical (unpaired) electrons. The molecule has 0 heterocycles. The second-order valence-electron chi connectivity index (χ2n) is 4.61. The third kappa shape index (κ3) is 4.30. The molecule has 0 aromatic carbocycles. The van der Waals surface area contributed by atoms with Gasteiger partial charge in [-0.3, -0.25) is 0 Å². The average Bonchev–Trinajstić information content (AvgIpc) is 2.02. The summed E-state index contributed by atoms with van der Waals surface area (Å²) in [6, 6.07) is 0.151. The summed E-state index contributed by atoms with van der Waals surface area (Å²) in [4.78, 5) is 11.4. The van der Waals surface area contributed by atoms with Crippen molar-refractivity contribution < 1.29 is 9.53 Å². The molecule has 0 spiro atoms. The van der Waals surface area contributed by atoms with E-state index in [0.29, 0.717) is 0 Å². The van der Waals surface area contributed by atoms with Crippen LogP contribution in [-0.4, -0.2) is 17.7 Å². The highest BCUT2D eigenvalue weighted by molar-refractivity contribution is 5.68. The number of amides is 1. The Hall–Kier alpha value is -0.990. The van der Waals surface area contributed by atoms with Gasteiger partial charge in [-0.25, -0.2) is 4.79 Å². The third-order valence-electron chi connectivity index (χ3n) is 1.96. The monoisotopic (exact) mass is 197 g/mol. The summed E-state index contributed by atoms with van der Waals surface area (Å²) in [5.74, 6) is 0. The van der Waals surface area contributed by atoms with E-state index < -0.39 is 5.60 Å². The molecule has 3 heteroatoms. The number of carbonyl (C=O) groups excluding carboxylic acids is 1. The smallest absolute Gasteiger partial charge is 0.408 e. The van der Waals surface area contributed by atoms with Crippen molar-refractivity contribution >= 4 is 6.09 Å². The Morgan fingerprint density at radius 3 is 2.71 bits per heavy atom. The Morgan fingerprint density at radius 2 is 2.21 bits per heavy atom. The van der Waals surface area contributed by atoms with Crippen LogP contribution in [0.3, 0.4) is 0 Å². The first-order chi connectivity index (χ1) is 6.47. The van der Waals surface area contributed by atoms with Crippen molar-refractivity contribution in [3.05, 3.63) is 12.2 Å². The second-order valence-corrected chi connectivity index (χ2v) is 4.61. The van der Waals surface area contributed by atoms with E-state index in [0.717, 1.165) is 19.3 Å². The molecule has 0 saturated carbocycles. The largest absolute Gasteiger partial charge is 0.444 e. The van der Waals surface area contributed by atoms with Crippen LogP contribution in [0.5, 0.6) is 0 Å². The molecule has 3 nitrogen and oxygen atoms in total. The summed E-state index contributed by atoms with van der Waals surface area (Å²) in [6.07, 6.45) is 7.08. The van der Waals surface area contributed by atoms with Crippen molar-refractivity contribution in [2.24, 2.45) is 0 Å². The van der Waals surface area contributed by atoms with Crippen molar-refractivity contribution in [3.8, 4) is 0 Å².